The van der Waals surface area contributed by atoms with E-state index in [9.17, 15) is 13.2 Å². The van der Waals surface area contributed by atoms with Crippen molar-refractivity contribution in [1.82, 2.24) is 10.6 Å². The first-order valence-corrected chi connectivity index (χ1v) is 8.34. The van der Waals surface area contributed by atoms with Crippen LogP contribution in [0.4, 0.5) is 0 Å². The lowest BCUT2D eigenvalue weighted by molar-refractivity contribution is -0.122. The second-order valence-electron chi connectivity index (χ2n) is 5.57. The van der Waals surface area contributed by atoms with Crippen molar-refractivity contribution >= 4 is 15.7 Å². The highest BCUT2D eigenvalue weighted by atomic mass is 32.2. The summed E-state index contributed by atoms with van der Waals surface area (Å²) in [4.78, 5) is 11.8. The first kappa shape index (κ1) is 15.4. The first-order valence-electron chi connectivity index (χ1n) is 6.51. The van der Waals surface area contributed by atoms with Gasteiger partial charge >= 0.3 is 0 Å². The third kappa shape index (κ3) is 5.82. The molecule has 1 saturated heterocycles. The number of carbonyl (C=O) groups is 1. The Morgan fingerprint density at radius 3 is 2.61 bits per heavy atom. The second kappa shape index (κ2) is 6.52. The highest BCUT2D eigenvalue weighted by molar-refractivity contribution is 7.91. The van der Waals surface area contributed by atoms with E-state index in [4.69, 9.17) is 0 Å². The number of hydrogen-bond donors (Lipinski definition) is 2. The number of rotatable bonds is 5. The predicted octanol–water partition coefficient (Wildman–Crippen LogP) is 0.314. The average molecular weight is 276 g/mol. The molecule has 2 atom stereocenters. The van der Waals surface area contributed by atoms with Crippen LogP contribution in [0.1, 0.15) is 33.6 Å². The summed E-state index contributed by atoms with van der Waals surface area (Å²) >= 11 is 0. The van der Waals surface area contributed by atoms with E-state index in [1.54, 1.807) is 0 Å². The monoisotopic (exact) mass is 276 g/mol. The molecule has 1 rings (SSSR count). The Bertz CT molecular complexity index is 379. The van der Waals surface area contributed by atoms with Gasteiger partial charge in [-0.3, -0.25) is 4.79 Å². The third-order valence-corrected chi connectivity index (χ3v) is 4.70. The van der Waals surface area contributed by atoms with Crippen molar-refractivity contribution in [3.05, 3.63) is 0 Å². The minimum atomic E-state index is -2.97. The van der Waals surface area contributed by atoms with Crippen LogP contribution in [0.5, 0.6) is 0 Å². The van der Waals surface area contributed by atoms with Crippen LogP contribution in [0, 0.1) is 5.92 Å². The van der Waals surface area contributed by atoms with Gasteiger partial charge in [-0.25, -0.2) is 8.42 Å². The minimum Gasteiger partial charge on any atom is -0.354 e. The summed E-state index contributed by atoms with van der Waals surface area (Å²) in [7, 11) is -2.97. The summed E-state index contributed by atoms with van der Waals surface area (Å²) in [5.74, 6) is 0.708. The molecule has 1 heterocycles. The molecule has 0 bridgehead atoms. The van der Waals surface area contributed by atoms with Crippen LogP contribution in [-0.4, -0.2) is 44.5 Å². The van der Waals surface area contributed by atoms with Gasteiger partial charge < -0.3 is 10.6 Å². The molecule has 1 aliphatic rings. The Morgan fingerprint density at radius 2 is 2.06 bits per heavy atom. The molecule has 1 fully saturated rings. The van der Waals surface area contributed by atoms with Crippen LogP contribution < -0.4 is 10.6 Å². The quantitative estimate of drug-likeness (QED) is 0.758. The molecule has 2 N–H and O–H groups in total. The number of sulfone groups is 1. The minimum absolute atomic E-state index is 0.0684. The van der Waals surface area contributed by atoms with Gasteiger partial charge in [-0.15, -0.1) is 0 Å². The zero-order valence-electron chi connectivity index (χ0n) is 11.4. The summed E-state index contributed by atoms with van der Waals surface area (Å²) in [6, 6.07) is -0.104. The highest BCUT2D eigenvalue weighted by Gasteiger charge is 2.26. The second-order valence-corrected chi connectivity index (χ2v) is 7.80. The molecule has 1 aliphatic heterocycles. The topological polar surface area (TPSA) is 75.3 Å². The number of carbonyl (C=O) groups excluding carboxylic acids is 1. The van der Waals surface area contributed by atoms with Crippen LogP contribution in [0.3, 0.4) is 0 Å². The molecule has 0 radical (unpaired) electrons. The Labute approximate surface area is 110 Å². The van der Waals surface area contributed by atoms with Gasteiger partial charge in [0.1, 0.15) is 0 Å². The molecule has 0 aromatic carbocycles. The molecular formula is C12H24N2O3S. The largest absolute Gasteiger partial charge is 0.354 e. The first-order chi connectivity index (χ1) is 8.28. The van der Waals surface area contributed by atoms with E-state index in [0.717, 1.165) is 6.42 Å². The van der Waals surface area contributed by atoms with E-state index >= 15 is 0 Å². The maximum Gasteiger partial charge on any atom is 0.221 e. The van der Waals surface area contributed by atoms with Crippen molar-refractivity contribution in [2.24, 2.45) is 5.92 Å². The molecule has 0 aromatic heterocycles. The van der Waals surface area contributed by atoms with E-state index in [1.165, 1.54) is 0 Å². The molecule has 18 heavy (non-hydrogen) atoms. The van der Waals surface area contributed by atoms with Crippen LogP contribution in [0.15, 0.2) is 0 Å². The Kier molecular flexibility index (Phi) is 5.59. The highest BCUT2D eigenvalue weighted by Crippen LogP contribution is 2.07. The third-order valence-electron chi connectivity index (χ3n) is 2.97. The van der Waals surface area contributed by atoms with Gasteiger partial charge in [0, 0.05) is 25.0 Å². The standard InChI is InChI=1S/C12H24N2O3S/c1-9(2)6-10(3)14-12(15)7-11-8-18(16,17)5-4-13-11/h9-11,13H,4-8H2,1-3H3,(H,14,15). The fourth-order valence-electron chi connectivity index (χ4n) is 2.32. The van der Waals surface area contributed by atoms with Gasteiger partial charge in [0.25, 0.3) is 0 Å². The normalized spacial score (nSPS) is 24.8. The molecule has 5 nitrogen and oxygen atoms in total. The van der Waals surface area contributed by atoms with Gasteiger partial charge in [-0.1, -0.05) is 13.8 Å². The van der Waals surface area contributed by atoms with Crippen LogP contribution >= 0.6 is 0 Å². The zero-order chi connectivity index (χ0) is 13.8. The van der Waals surface area contributed by atoms with Crippen molar-refractivity contribution in [2.45, 2.75) is 45.7 Å². The molecule has 106 valence electrons. The molecular weight excluding hydrogens is 252 g/mol. The molecule has 0 saturated carbocycles. The smallest absolute Gasteiger partial charge is 0.221 e. The summed E-state index contributed by atoms with van der Waals surface area (Å²) in [5, 5.41) is 5.99. The van der Waals surface area contributed by atoms with Crippen molar-refractivity contribution in [3.8, 4) is 0 Å². The fourth-order valence-corrected chi connectivity index (χ4v) is 3.77. The fraction of sp³-hybridized carbons (Fsp3) is 0.917. The molecule has 0 aromatic rings. The van der Waals surface area contributed by atoms with Crippen molar-refractivity contribution < 1.29 is 13.2 Å². The van der Waals surface area contributed by atoms with Crippen molar-refractivity contribution in [3.63, 3.8) is 0 Å². The van der Waals surface area contributed by atoms with Crippen LogP contribution in [-0.2, 0) is 14.6 Å². The predicted molar refractivity (Wildman–Crippen MR) is 72.1 cm³/mol. The number of hydrogen-bond acceptors (Lipinski definition) is 4. The van der Waals surface area contributed by atoms with Gasteiger partial charge in [-0.2, -0.15) is 0 Å². The Balaban J connectivity index is 2.36. The van der Waals surface area contributed by atoms with E-state index in [2.05, 4.69) is 24.5 Å². The van der Waals surface area contributed by atoms with Crippen molar-refractivity contribution in [2.75, 3.05) is 18.1 Å². The molecule has 0 aliphatic carbocycles. The van der Waals surface area contributed by atoms with Crippen molar-refractivity contribution in [1.29, 1.82) is 0 Å². The molecule has 2 unspecified atom stereocenters. The molecule has 6 heteroatoms. The molecule has 1 amide bonds. The Morgan fingerprint density at radius 1 is 1.39 bits per heavy atom. The zero-order valence-corrected chi connectivity index (χ0v) is 12.2. The van der Waals surface area contributed by atoms with Gasteiger partial charge in [0.2, 0.25) is 5.91 Å². The summed E-state index contributed by atoms with van der Waals surface area (Å²) in [6.07, 6.45) is 1.17. The lowest BCUT2D eigenvalue weighted by Gasteiger charge is -2.24. The van der Waals surface area contributed by atoms with E-state index in [1.807, 2.05) is 6.92 Å². The lowest BCUT2D eigenvalue weighted by atomic mass is 10.0. The van der Waals surface area contributed by atoms with Crippen LogP contribution in [0.2, 0.25) is 0 Å². The summed E-state index contributed by atoms with van der Waals surface area (Å²) in [6.45, 7) is 6.64. The maximum absolute atomic E-state index is 11.8. The average Bonchev–Trinajstić information content (AvgIpc) is 2.13. The number of amides is 1. The summed E-state index contributed by atoms with van der Waals surface area (Å²) in [5.41, 5.74) is 0. The number of nitrogens with one attached hydrogen (secondary N) is 2. The SMILES string of the molecule is CC(C)CC(C)NC(=O)CC1CS(=O)(=O)CCN1. The Hall–Kier alpha value is -0.620. The lowest BCUT2D eigenvalue weighted by Crippen LogP contribution is -2.48. The summed E-state index contributed by atoms with van der Waals surface area (Å²) < 4.78 is 22.9. The van der Waals surface area contributed by atoms with E-state index in [-0.39, 0.29) is 35.9 Å². The van der Waals surface area contributed by atoms with E-state index in [0.29, 0.717) is 12.5 Å². The van der Waals surface area contributed by atoms with Gasteiger partial charge in [0.05, 0.1) is 11.5 Å². The van der Waals surface area contributed by atoms with Crippen LogP contribution in [0.25, 0.3) is 0 Å². The van der Waals surface area contributed by atoms with Gasteiger partial charge in [0.15, 0.2) is 9.84 Å². The molecule has 0 spiro atoms. The maximum atomic E-state index is 11.8. The van der Waals surface area contributed by atoms with E-state index < -0.39 is 9.84 Å². The van der Waals surface area contributed by atoms with Gasteiger partial charge in [-0.05, 0) is 19.3 Å².